The fraction of sp³-hybridized carbons (Fsp3) is 0.136. The zero-order valence-corrected chi connectivity index (χ0v) is 15.6. The number of aromatic nitrogens is 3. The Hall–Kier alpha value is -3.67. The summed E-state index contributed by atoms with van der Waals surface area (Å²) in [5.41, 5.74) is 5.08. The normalized spacial score (nSPS) is 10.8. The maximum atomic E-state index is 11.6. The SMILES string of the molecule is CNC(=O)Cc1ccc(-c2cc(NCc3cccnc3)nc3[nH]ccc23)cc1. The van der Waals surface area contributed by atoms with E-state index >= 15 is 0 Å². The van der Waals surface area contributed by atoms with Crippen molar-refractivity contribution in [2.75, 3.05) is 12.4 Å². The van der Waals surface area contributed by atoms with Gasteiger partial charge in [-0.2, -0.15) is 0 Å². The smallest absolute Gasteiger partial charge is 0.224 e. The molecule has 0 fully saturated rings. The van der Waals surface area contributed by atoms with Crippen molar-refractivity contribution in [3.63, 3.8) is 0 Å². The summed E-state index contributed by atoms with van der Waals surface area (Å²) in [7, 11) is 1.65. The van der Waals surface area contributed by atoms with E-state index in [4.69, 9.17) is 0 Å². The van der Waals surface area contributed by atoms with Crippen LogP contribution in [-0.2, 0) is 17.8 Å². The van der Waals surface area contributed by atoms with E-state index in [0.717, 1.165) is 39.1 Å². The van der Waals surface area contributed by atoms with Gasteiger partial charge in [0.25, 0.3) is 0 Å². The summed E-state index contributed by atoms with van der Waals surface area (Å²) in [6.07, 6.45) is 5.88. The fourth-order valence-corrected chi connectivity index (χ4v) is 3.14. The van der Waals surface area contributed by atoms with Crippen LogP contribution in [0.2, 0.25) is 0 Å². The second-order valence-corrected chi connectivity index (χ2v) is 6.56. The number of nitrogens with zero attached hydrogens (tertiary/aromatic N) is 2. The molecule has 3 N–H and O–H groups in total. The number of carbonyl (C=O) groups excluding carboxylic acids is 1. The zero-order chi connectivity index (χ0) is 19.3. The molecule has 1 aromatic carbocycles. The molecule has 0 aliphatic rings. The number of benzene rings is 1. The Morgan fingerprint density at radius 3 is 2.71 bits per heavy atom. The number of hydrogen-bond acceptors (Lipinski definition) is 4. The molecule has 28 heavy (non-hydrogen) atoms. The number of aromatic amines is 1. The fourth-order valence-electron chi connectivity index (χ4n) is 3.14. The van der Waals surface area contributed by atoms with Gasteiger partial charge in [-0.15, -0.1) is 0 Å². The lowest BCUT2D eigenvalue weighted by atomic mass is 10.0. The van der Waals surface area contributed by atoms with Gasteiger partial charge in [-0.25, -0.2) is 4.98 Å². The number of nitrogens with one attached hydrogen (secondary N) is 3. The lowest BCUT2D eigenvalue weighted by molar-refractivity contribution is -0.119. The Balaban J connectivity index is 1.62. The van der Waals surface area contributed by atoms with Crippen molar-refractivity contribution in [3.8, 4) is 11.1 Å². The summed E-state index contributed by atoms with van der Waals surface area (Å²) in [6.45, 7) is 0.650. The van der Waals surface area contributed by atoms with E-state index in [0.29, 0.717) is 13.0 Å². The van der Waals surface area contributed by atoms with E-state index in [2.05, 4.69) is 31.7 Å². The van der Waals surface area contributed by atoms with Crippen molar-refractivity contribution < 1.29 is 4.79 Å². The molecule has 4 rings (SSSR count). The molecule has 0 atom stereocenters. The van der Waals surface area contributed by atoms with Crippen LogP contribution in [0.3, 0.4) is 0 Å². The summed E-state index contributed by atoms with van der Waals surface area (Å²) >= 11 is 0. The van der Waals surface area contributed by atoms with E-state index < -0.39 is 0 Å². The summed E-state index contributed by atoms with van der Waals surface area (Å²) in [5, 5.41) is 7.09. The highest BCUT2D eigenvalue weighted by atomic mass is 16.1. The Morgan fingerprint density at radius 2 is 1.96 bits per heavy atom. The average molecular weight is 371 g/mol. The molecule has 0 saturated carbocycles. The van der Waals surface area contributed by atoms with Crippen molar-refractivity contribution in [1.82, 2.24) is 20.3 Å². The van der Waals surface area contributed by atoms with Crippen molar-refractivity contribution in [2.45, 2.75) is 13.0 Å². The first-order valence-electron chi connectivity index (χ1n) is 9.14. The summed E-state index contributed by atoms with van der Waals surface area (Å²) in [4.78, 5) is 23.6. The first-order chi connectivity index (χ1) is 13.7. The van der Waals surface area contributed by atoms with E-state index in [1.807, 2.05) is 54.9 Å². The summed E-state index contributed by atoms with van der Waals surface area (Å²) < 4.78 is 0. The van der Waals surface area contributed by atoms with Gasteiger partial charge in [0, 0.05) is 37.6 Å². The number of amides is 1. The molecule has 4 aromatic rings. The molecule has 3 heterocycles. The highest BCUT2D eigenvalue weighted by molar-refractivity contribution is 5.94. The van der Waals surface area contributed by atoms with Crippen LogP contribution in [0.4, 0.5) is 5.82 Å². The van der Waals surface area contributed by atoms with Crippen LogP contribution in [0.25, 0.3) is 22.2 Å². The molecule has 6 nitrogen and oxygen atoms in total. The maximum absolute atomic E-state index is 11.6. The molecular formula is C22H21N5O. The highest BCUT2D eigenvalue weighted by Crippen LogP contribution is 2.30. The van der Waals surface area contributed by atoms with Crippen molar-refractivity contribution >= 4 is 22.8 Å². The van der Waals surface area contributed by atoms with Gasteiger partial charge >= 0.3 is 0 Å². The minimum atomic E-state index is 0.00609. The maximum Gasteiger partial charge on any atom is 0.224 e. The van der Waals surface area contributed by atoms with Crippen LogP contribution in [0, 0.1) is 0 Å². The van der Waals surface area contributed by atoms with Gasteiger partial charge in [-0.1, -0.05) is 30.3 Å². The molecule has 0 radical (unpaired) electrons. The van der Waals surface area contributed by atoms with Crippen molar-refractivity contribution in [1.29, 1.82) is 0 Å². The van der Waals surface area contributed by atoms with E-state index in [1.54, 1.807) is 13.2 Å². The number of likely N-dealkylation sites (N-methyl/N-ethyl adjacent to an activating group) is 1. The molecule has 140 valence electrons. The molecule has 0 aliphatic carbocycles. The lowest BCUT2D eigenvalue weighted by Gasteiger charge is -2.10. The molecular weight excluding hydrogens is 350 g/mol. The predicted molar refractivity (Wildman–Crippen MR) is 111 cm³/mol. The molecule has 0 bridgehead atoms. The van der Waals surface area contributed by atoms with Gasteiger partial charge < -0.3 is 15.6 Å². The number of fused-ring (bicyclic) bond motifs is 1. The van der Waals surface area contributed by atoms with E-state index in [1.165, 1.54) is 0 Å². The van der Waals surface area contributed by atoms with Gasteiger partial charge in [-0.05, 0) is 40.5 Å². The van der Waals surface area contributed by atoms with E-state index in [9.17, 15) is 4.79 Å². The highest BCUT2D eigenvalue weighted by Gasteiger charge is 2.10. The Kier molecular flexibility index (Phi) is 5.01. The quantitative estimate of drug-likeness (QED) is 0.484. The largest absolute Gasteiger partial charge is 0.366 e. The minimum absolute atomic E-state index is 0.00609. The number of rotatable bonds is 6. The molecule has 6 heteroatoms. The number of carbonyl (C=O) groups is 1. The second kappa shape index (κ2) is 7.92. The standard InChI is InChI=1S/C22H21N5O/c1-23-21(28)11-15-4-6-17(7-5-15)19-12-20(27-22-18(19)8-10-25-22)26-14-16-3-2-9-24-13-16/h2-10,12-13H,11,14H2,1H3,(H,23,28)(H2,25,26,27). The minimum Gasteiger partial charge on any atom is -0.366 e. The van der Waals surface area contributed by atoms with Gasteiger partial charge in [0.15, 0.2) is 0 Å². The number of anilines is 1. The monoisotopic (exact) mass is 371 g/mol. The van der Waals surface area contributed by atoms with Crippen LogP contribution in [0.1, 0.15) is 11.1 Å². The number of hydrogen-bond donors (Lipinski definition) is 3. The van der Waals surface area contributed by atoms with Gasteiger partial charge in [0.05, 0.1) is 6.42 Å². The van der Waals surface area contributed by atoms with Crippen molar-refractivity contribution in [3.05, 3.63) is 78.2 Å². The van der Waals surface area contributed by atoms with Crippen LogP contribution in [0.15, 0.2) is 67.1 Å². The summed E-state index contributed by atoms with van der Waals surface area (Å²) in [5.74, 6) is 0.801. The zero-order valence-electron chi connectivity index (χ0n) is 15.6. The van der Waals surface area contributed by atoms with Crippen molar-refractivity contribution in [2.24, 2.45) is 0 Å². The molecule has 0 unspecified atom stereocenters. The van der Waals surface area contributed by atoms with Crippen LogP contribution in [-0.4, -0.2) is 27.9 Å². The molecule has 0 aliphatic heterocycles. The van der Waals surface area contributed by atoms with Gasteiger partial charge in [0.1, 0.15) is 11.5 Å². The van der Waals surface area contributed by atoms with Gasteiger partial charge in [-0.3, -0.25) is 9.78 Å². The third-order valence-electron chi connectivity index (χ3n) is 4.63. The average Bonchev–Trinajstić information content (AvgIpc) is 3.21. The predicted octanol–water partition coefficient (Wildman–Crippen LogP) is 3.53. The first kappa shape index (κ1) is 17.7. The number of pyridine rings is 2. The van der Waals surface area contributed by atoms with E-state index in [-0.39, 0.29) is 5.91 Å². The Labute approximate surface area is 163 Å². The lowest BCUT2D eigenvalue weighted by Crippen LogP contribution is -2.19. The Bertz CT molecular complexity index is 1090. The Morgan fingerprint density at radius 1 is 1.11 bits per heavy atom. The first-order valence-corrected chi connectivity index (χ1v) is 9.14. The third-order valence-corrected chi connectivity index (χ3v) is 4.63. The molecule has 3 aromatic heterocycles. The molecule has 0 spiro atoms. The molecule has 0 saturated heterocycles. The van der Waals surface area contributed by atoms with Gasteiger partial charge in [0.2, 0.25) is 5.91 Å². The second-order valence-electron chi connectivity index (χ2n) is 6.56. The molecule has 1 amide bonds. The third kappa shape index (κ3) is 3.86. The number of H-pyrrole nitrogens is 1. The summed E-state index contributed by atoms with van der Waals surface area (Å²) in [6, 6.07) is 16.1. The topological polar surface area (TPSA) is 82.7 Å². The van der Waals surface area contributed by atoms with Crippen LogP contribution in [0.5, 0.6) is 0 Å². The van der Waals surface area contributed by atoms with Crippen LogP contribution >= 0.6 is 0 Å². The van der Waals surface area contributed by atoms with Crippen LogP contribution < -0.4 is 10.6 Å².